The van der Waals surface area contributed by atoms with Crippen molar-refractivity contribution in [1.82, 2.24) is 9.29 Å². The van der Waals surface area contributed by atoms with Crippen LogP contribution in [-0.4, -0.2) is 42.2 Å². The van der Waals surface area contributed by atoms with Crippen LogP contribution in [0.3, 0.4) is 0 Å². The van der Waals surface area contributed by atoms with E-state index < -0.39 is 15.8 Å². The van der Waals surface area contributed by atoms with Crippen LogP contribution in [0.15, 0.2) is 54.7 Å². The van der Waals surface area contributed by atoms with Gasteiger partial charge in [-0.15, -0.1) is 0 Å². The van der Waals surface area contributed by atoms with Crippen molar-refractivity contribution >= 4 is 26.9 Å². The number of hydrogen-bond acceptors (Lipinski definition) is 5. The summed E-state index contributed by atoms with van der Waals surface area (Å²) in [5.74, 6) is 0.558. The van der Waals surface area contributed by atoms with Gasteiger partial charge < -0.3 is 4.74 Å². The highest BCUT2D eigenvalue weighted by molar-refractivity contribution is 7.86. The third-order valence-corrected chi connectivity index (χ3v) is 7.11. The van der Waals surface area contributed by atoms with E-state index in [-0.39, 0.29) is 25.3 Å². The third-order valence-electron chi connectivity index (χ3n) is 6.03. The number of aromatic nitrogens is 1. The molecule has 2 aliphatic heterocycles. The summed E-state index contributed by atoms with van der Waals surface area (Å²) in [6.07, 6.45) is 2.86. The maximum Gasteiger partial charge on any atom is 0.276 e. The van der Waals surface area contributed by atoms with Crippen molar-refractivity contribution in [2.75, 3.05) is 13.1 Å². The molecule has 1 aromatic heterocycles. The van der Waals surface area contributed by atoms with E-state index in [1.54, 1.807) is 6.20 Å². The first-order chi connectivity index (χ1) is 14.3. The summed E-state index contributed by atoms with van der Waals surface area (Å²) in [7, 11) is -3.72. The summed E-state index contributed by atoms with van der Waals surface area (Å²) in [6, 6.07) is 15.5. The minimum absolute atomic E-state index is 0.00958. The van der Waals surface area contributed by atoms with Gasteiger partial charge in [0.05, 0.1) is 17.5 Å². The molecule has 2 aromatic carbocycles. The molecule has 3 heterocycles. The van der Waals surface area contributed by atoms with Crippen LogP contribution in [0.1, 0.15) is 29.6 Å². The number of pyridine rings is 1. The number of piperidine rings is 1. The van der Waals surface area contributed by atoms with E-state index in [1.165, 1.54) is 4.31 Å². The van der Waals surface area contributed by atoms with Gasteiger partial charge >= 0.3 is 0 Å². The molecule has 1 saturated heterocycles. The third kappa shape index (κ3) is 3.27. The van der Waals surface area contributed by atoms with E-state index in [2.05, 4.69) is 4.98 Å². The van der Waals surface area contributed by atoms with E-state index in [9.17, 15) is 13.2 Å². The zero-order valence-corrected chi connectivity index (χ0v) is 17.1. The van der Waals surface area contributed by atoms with Gasteiger partial charge in [0.15, 0.2) is 5.78 Å². The molecule has 0 bridgehead atoms. The lowest BCUT2D eigenvalue weighted by molar-refractivity contribution is 0.00594. The van der Waals surface area contributed by atoms with Crippen molar-refractivity contribution in [3.8, 4) is 16.9 Å². The zero-order chi connectivity index (χ0) is 20.9. The Hall–Kier alpha value is -2.81. The van der Waals surface area contributed by atoms with Crippen molar-refractivity contribution in [2.24, 2.45) is 5.14 Å². The van der Waals surface area contributed by atoms with Gasteiger partial charge in [0, 0.05) is 43.1 Å². The Balaban J connectivity index is 1.47. The van der Waals surface area contributed by atoms with E-state index >= 15 is 0 Å². The minimum atomic E-state index is -3.72. The number of carbonyl (C=O) groups excluding carboxylic acids is 1. The van der Waals surface area contributed by atoms with Crippen molar-refractivity contribution in [3.05, 3.63) is 60.3 Å². The molecule has 8 heteroatoms. The molecule has 1 spiro atoms. The Bertz CT molecular complexity index is 1260. The summed E-state index contributed by atoms with van der Waals surface area (Å²) < 4.78 is 30.7. The average Bonchev–Trinajstić information content (AvgIpc) is 2.73. The fourth-order valence-electron chi connectivity index (χ4n) is 4.43. The Morgan fingerprint density at radius 2 is 1.80 bits per heavy atom. The van der Waals surface area contributed by atoms with Crippen LogP contribution < -0.4 is 9.88 Å². The van der Waals surface area contributed by atoms with Crippen LogP contribution in [0.4, 0.5) is 0 Å². The highest BCUT2D eigenvalue weighted by atomic mass is 32.2. The molecular formula is C22H21N3O4S. The molecule has 30 heavy (non-hydrogen) atoms. The molecular weight excluding hydrogens is 402 g/mol. The maximum atomic E-state index is 13.0. The van der Waals surface area contributed by atoms with Crippen LogP contribution in [0.2, 0.25) is 0 Å². The summed E-state index contributed by atoms with van der Waals surface area (Å²) >= 11 is 0. The van der Waals surface area contributed by atoms with Gasteiger partial charge in [0.2, 0.25) is 0 Å². The standard InChI is InChI=1S/C22H21N3O4S/c23-30(27,28)25-11-8-22(9-12-25)14-19(26)18-13-16(6-7-20(18)29-22)17-5-1-3-15-4-2-10-24-21(15)17/h1-7,10,13H,8-9,11-12,14H2,(H2,23,27,28). The second-order valence-corrected chi connectivity index (χ2v) is 9.47. The number of fused-ring (bicyclic) bond motifs is 2. The number of nitrogens with zero attached hydrogens (tertiary/aromatic N) is 2. The zero-order valence-electron chi connectivity index (χ0n) is 16.2. The van der Waals surface area contributed by atoms with Gasteiger partial charge in [-0.3, -0.25) is 9.78 Å². The molecule has 154 valence electrons. The van der Waals surface area contributed by atoms with Gasteiger partial charge in [-0.05, 0) is 23.8 Å². The summed E-state index contributed by atoms with van der Waals surface area (Å²) in [6.45, 7) is 0.502. The number of benzene rings is 2. The number of nitrogens with two attached hydrogens (primary N) is 1. The Morgan fingerprint density at radius 1 is 1.03 bits per heavy atom. The lowest BCUT2D eigenvalue weighted by atomic mass is 9.82. The van der Waals surface area contributed by atoms with Crippen LogP contribution in [-0.2, 0) is 10.2 Å². The number of hydrogen-bond donors (Lipinski definition) is 1. The molecule has 0 radical (unpaired) electrons. The largest absolute Gasteiger partial charge is 0.486 e. The number of carbonyl (C=O) groups is 1. The van der Waals surface area contributed by atoms with E-state index in [1.807, 2.05) is 48.5 Å². The van der Waals surface area contributed by atoms with Gasteiger partial charge in [0.1, 0.15) is 11.4 Å². The first-order valence-corrected chi connectivity index (χ1v) is 11.3. The van der Waals surface area contributed by atoms with Crippen LogP contribution in [0, 0.1) is 0 Å². The quantitative estimate of drug-likeness (QED) is 0.683. The fraction of sp³-hybridized carbons (Fsp3) is 0.273. The molecule has 1 fully saturated rings. The molecule has 2 aliphatic rings. The van der Waals surface area contributed by atoms with Gasteiger partial charge in [-0.1, -0.05) is 30.3 Å². The molecule has 0 aliphatic carbocycles. The monoisotopic (exact) mass is 423 g/mol. The predicted octanol–water partition coefficient (Wildman–Crippen LogP) is 2.91. The summed E-state index contributed by atoms with van der Waals surface area (Å²) in [5.41, 5.74) is 2.64. The first-order valence-electron chi connectivity index (χ1n) is 9.83. The highest BCUT2D eigenvalue weighted by Crippen LogP contribution is 2.41. The number of ether oxygens (including phenoxy) is 1. The predicted molar refractivity (Wildman–Crippen MR) is 113 cm³/mol. The molecule has 0 atom stereocenters. The number of Topliss-reactive ketones (excluding diaryl/α,β-unsaturated/α-hetero) is 1. The second kappa shape index (κ2) is 6.87. The number of ketones is 1. The van der Waals surface area contributed by atoms with Crippen molar-refractivity contribution in [2.45, 2.75) is 24.9 Å². The van der Waals surface area contributed by atoms with Crippen molar-refractivity contribution in [3.63, 3.8) is 0 Å². The maximum absolute atomic E-state index is 13.0. The topological polar surface area (TPSA) is 103 Å². The molecule has 0 unspecified atom stereocenters. The smallest absolute Gasteiger partial charge is 0.276 e. The molecule has 5 rings (SSSR count). The lowest BCUT2D eigenvalue weighted by Crippen LogP contribution is -2.53. The van der Waals surface area contributed by atoms with Crippen LogP contribution in [0.5, 0.6) is 5.75 Å². The van der Waals surface area contributed by atoms with Crippen LogP contribution in [0.25, 0.3) is 22.0 Å². The fourth-order valence-corrected chi connectivity index (χ4v) is 5.12. The average molecular weight is 423 g/mol. The minimum Gasteiger partial charge on any atom is -0.486 e. The molecule has 7 nitrogen and oxygen atoms in total. The van der Waals surface area contributed by atoms with E-state index in [0.717, 1.165) is 22.0 Å². The molecule has 0 amide bonds. The summed E-state index contributed by atoms with van der Waals surface area (Å²) in [5, 5.41) is 6.27. The van der Waals surface area contributed by atoms with Gasteiger partial charge in [-0.2, -0.15) is 12.7 Å². The second-order valence-electron chi connectivity index (χ2n) is 7.92. The molecule has 0 saturated carbocycles. The van der Waals surface area contributed by atoms with E-state index in [4.69, 9.17) is 9.88 Å². The Kier molecular flexibility index (Phi) is 4.39. The van der Waals surface area contributed by atoms with Gasteiger partial charge in [-0.25, -0.2) is 5.14 Å². The Morgan fingerprint density at radius 3 is 2.57 bits per heavy atom. The van der Waals surface area contributed by atoms with Gasteiger partial charge in [0.25, 0.3) is 10.2 Å². The van der Waals surface area contributed by atoms with Crippen molar-refractivity contribution in [1.29, 1.82) is 0 Å². The Labute approximate surface area is 174 Å². The van der Waals surface area contributed by atoms with Crippen LogP contribution >= 0.6 is 0 Å². The molecule has 2 N–H and O–H groups in total. The van der Waals surface area contributed by atoms with E-state index in [0.29, 0.717) is 24.2 Å². The normalized spacial score (nSPS) is 18.9. The molecule has 3 aromatic rings. The number of para-hydroxylation sites is 1. The first kappa shape index (κ1) is 19.2. The summed E-state index contributed by atoms with van der Waals surface area (Å²) in [4.78, 5) is 17.5. The SMILES string of the molecule is NS(=O)(=O)N1CCC2(CC1)CC(=O)c1cc(-c3cccc4cccnc34)ccc1O2. The lowest BCUT2D eigenvalue weighted by Gasteiger charge is -2.43. The van der Waals surface area contributed by atoms with Crippen molar-refractivity contribution < 1.29 is 17.9 Å². The highest BCUT2D eigenvalue weighted by Gasteiger charge is 2.44. The number of rotatable bonds is 2.